The Balaban J connectivity index is 2.02. The van der Waals surface area contributed by atoms with Crippen LogP contribution in [-0.2, 0) is 17.8 Å². The van der Waals surface area contributed by atoms with Gasteiger partial charge in [0.05, 0.1) is 12.2 Å². The third-order valence-electron chi connectivity index (χ3n) is 2.34. The van der Waals surface area contributed by atoms with Gasteiger partial charge in [0, 0.05) is 25.2 Å². The number of aryl methyl sites for hydroxylation is 1. The number of nitrogens with zero attached hydrogens (tertiary/aromatic N) is 3. The number of carbonyl (C=O) groups excluding carboxylic acids is 1. The Bertz CT molecular complexity index is 471. The summed E-state index contributed by atoms with van der Waals surface area (Å²) in [7, 11) is 0. The first kappa shape index (κ1) is 12.6. The molecule has 1 aromatic rings. The van der Waals surface area contributed by atoms with Crippen molar-refractivity contribution in [3.05, 3.63) is 11.8 Å². The maximum Gasteiger partial charge on any atom is 0.413 e. The summed E-state index contributed by atoms with van der Waals surface area (Å²) >= 11 is 0. The van der Waals surface area contributed by atoms with E-state index < -0.39 is 11.7 Å². The third kappa shape index (κ3) is 3.32. The van der Waals surface area contributed by atoms with Crippen LogP contribution in [0.2, 0.25) is 0 Å². The van der Waals surface area contributed by atoms with Crippen LogP contribution in [0.15, 0.2) is 11.1 Å². The van der Waals surface area contributed by atoms with Gasteiger partial charge in [0.15, 0.2) is 5.82 Å². The number of hydrogen-bond donors (Lipinski definition) is 1. The van der Waals surface area contributed by atoms with Crippen molar-refractivity contribution in [2.24, 2.45) is 4.99 Å². The maximum absolute atomic E-state index is 11.6. The molecular weight excluding hydrogens is 232 g/mol. The first-order valence-corrected chi connectivity index (χ1v) is 5.99. The summed E-state index contributed by atoms with van der Waals surface area (Å²) in [6.07, 6.45) is 2.27. The Morgan fingerprint density at radius 2 is 2.28 bits per heavy atom. The van der Waals surface area contributed by atoms with Gasteiger partial charge >= 0.3 is 6.09 Å². The molecule has 0 saturated carbocycles. The molecule has 18 heavy (non-hydrogen) atoms. The second-order valence-corrected chi connectivity index (χ2v) is 5.18. The number of fused-ring (bicyclic) bond motifs is 1. The molecule has 0 aromatic carbocycles. The molecular formula is C12H18N4O2. The molecule has 1 N–H and O–H groups in total. The molecule has 0 aliphatic carbocycles. The van der Waals surface area contributed by atoms with Gasteiger partial charge in [-0.15, -0.1) is 0 Å². The zero-order valence-corrected chi connectivity index (χ0v) is 10.9. The number of aliphatic imine (C=N–C) groups is 1. The Hall–Kier alpha value is -1.85. The zero-order chi connectivity index (χ0) is 13.2. The van der Waals surface area contributed by atoms with Crippen LogP contribution in [0, 0.1) is 0 Å². The summed E-state index contributed by atoms with van der Waals surface area (Å²) in [5.74, 6) is 0.511. The van der Waals surface area contributed by atoms with Crippen molar-refractivity contribution in [3.63, 3.8) is 0 Å². The van der Waals surface area contributed by atoms with Crippen LogP contribution in [0.25, 0.3) is 0 Å². The van der Waals surface area contributed by atoms with E-state index in [0.29, 0.717) is 12.4 Å². The van der Waals surface area contributed by atoms with Crippen molar-refractivity contribution in [2.45, 2.75) is 45.9 Å². The SMILES string of the molecule is CC(C)(C)OC(=O)Nc1cc2n(n1)CCC=NC2. The second-order valence-electron chi connectivity index (χ2n) is 5.18. The van der Waals surface area contributed by atoms with E-state index in [1.54, 1.807) is 0 Å². The van der Waals surface area contributed by atoms with Crippen LogP contribution in [-0.4, -0.2) is 27.7 Å². The van der Waals surface area contributed by atoms with E-state index in [1.165, 1.54) is 0 Å². The van der Waals surface area contributed by atoms with Gasteiger partial charge in [-0.2, -0.15) is 5.10 Å². The van der Waals surface area contributed by atoms with Crippen LogP contribution in [0.3, 0.4) is 0 Å². The average Bonchev–Trinajstić information content (AvgIpc) is 2.44. The Morgan fingerprint density at radius 3 is 3.00 bits per heavy atom. The number of anilines is 1. The lowest BCUT2D eigenvalue weighted by Gasteiger charge is -2.19. The Kier molecular flexibility index (Phi) is 3.36. The van der Waals surface area contributed by atoms with E-state index in [0.717, 1.165) is 18.7 Å². The number of nitrogens with one attached hydrogen (secondary N) is 1. The van der Waals surface area contributed by atoms with Crippen molar-refractivity contribution in [1.82, 2.24) is 9.78 Å². The van der Waals surface area contributed by atoms with Crippen molar-refractivity contribution < 1.29 is 9.53 Å². The lowest BCUT2D eigenvalue weighted by molar-refractivity contribution is 0.0635. The molecule has 1 amide bonds. The first-order valence-electron chi connectivity index (χ1n) is 5.99. The van der Waals surface area contributed by atoms with Crippen molar-refractivity contribution >= 4 is 18.1 Å². The van der Waals surface area contributed by atoms with E-state index in [2.05, 4.69) is 15.4 Å². The fourth-order valence-corrected chi connectivity index (χ4v) is 1.67. The molecule has 0 saturated heterocycles. The predicted molar refractivity (Wildman–Crippen MR) is 68.9 cm³/mol. The molecule has 1 aliphatic heterocycles. The average molecular weight is 250 g/mol. The van der Waals surface area contributed by atoms with Gasteiger partial charge in [0.2, 0.25) is 0 Å². The fraction of sp³-hybridized carbons (Fsp3) is 0.583. The summed E-state index contributed by atoms with van der Waals surface area (Å²) in [6.45, 7) is 6.86. The molecule has 0 radical (unpaired) electrons. The van der Waals surface area contributed by atoms with Crippen molar-refractivity contribution in [3.8, 4) is 0 Å². The number of hydrogen-bond acceptors (Lipinski definition) is 4. The minimum Gasteiger partial charge on any atom is -0.444 e. The smallest absolute Gasteiger partial charge is 0.413 e. The standard InChI is InChI=1S/C12H18N4O2/c1-12(2,3)18-11(17)14-10-7-9-8-13-5-4-6-16(9)15-10/h5,7H,4,6,8H2,1-3H3,(H,14,15,17). The Morgan fingerprint density at radius 1 is 1.50 bits per heavy atom. The summed E-state index contributed by atoms with van der Waals surface area (Å²) in [6, 6.07) is 1.83. The van der Waals surface area contributed by atoms with E-state index in [9.17, 15) is 4.79 Å². The van der Waals surface area contributed by atoms with Gasteiger partial charge in [-0.05, 0) is 20.8 Å². The number of rotatable bonds is 1. The molecule has 0 spiro atoms. The highest BCUT2D eigenvalue weighted by atomic mass is 16.6. The molecule has 98 valence electrons. The van der Waals surface area contributed by atoms with Crippen molar-refractivity contribution in [1.29, 1.82) is 0 Å². The Labute approximate surface area is 106 Å². The van der Waals surface area contributed by atoms with Gasteiger partial charge < -0.3 is 4.74 Å². The zero-order valence-electron chi connectivity index (χ0n) is 10.9. The summed E-state index contributed by atoms with van der Waals surface area (Å²) in [5.41, 5.74) is 0.486. The second kappa shape index (κ2) is 4.80. The highest BCUT2D eigenvalue weighted by Crippen LogP contribution is 2.15. The molecule has 0 atom stereocenters. The minimum absolute atomic E-state index is 0.487. The number of aromatic nitrogens is 2. The molecule has 0 fully saturated rings. The van der Waals surface area contributed by atoms with Gasteiger partial charge in [0.1, 0.15) is 5.60 Å². The van der Waals surface area contributed by atoms with Gasteiger partial charge in [-0.25, -0.2) is 4.79 Å². The molecule has 0 unspecified atom stereocenters. The van der Waals surface area contributed by atoms with E-state index in [1.807, 2.05) is 37.7 Å². The fourth-order valence-electron chi connectivity index (χ4n) is 1.67. The topological polar surface area (TPSA) is 68.5 Å². The monoisotopic (exact) mass is 250 g/mol. The highest BCUT2D eigenvalue weighted by molar-refractivity contribution is 5.83. The molecule has 2 heterocycles. The van der Waals surface area contributed by atoms with Crippen LogP contribution < -0.4 is 5.32 Å². The van der Waals surface area contributed by atoms with Gasteiger partial charge in [0.25, 0.3) is 0 Å². The summed E-state index contributed by atoms with van der Waals surface area (Å²) < 4.78 is 7.03. The predicted octanol–water partition coefficient (Wildman–Crippen LogP) is 2.20. The van der Waals surface area contributed by atoms with E-state index in [-0.39, 0.29) is 0 Å². The first-order chi connectivity index (χ1) is 8.44. The van der Waals surface area contributed by atoms with Crippen LogP contribution in [0.4, 0.5) is 10.6 Å². The van der Waals surface area contributed by atoms with E-state index in [4.69, 9.17) is 4.74 Å². The van der Waals surface area contributed by atoms with Crippen molar-refractivity contribution in [2.75, 3.05) is 5.32 Å². The van der Waals surface area contributed by atoms with Gasteiger partial charge in [-0.3, -0.25) is 15.0 Å². The van der Waals surface area contributed by atoms with Crippen LogP contribution in [0.5, 0.6) is 0 Å². The third-order valence-corrected chi connectivity index (χ3v) is 2.34. The largest absolute Gasteiger partial charge is 0.444 e. The normalized spacial score (nSPS) is 14.8. The lowest BCUT2D eigenvalue weighted by Crippen LogP contribution is -2.27. The van der Waals surface area contributed by atoms with Crippen LogP contribution >= 0.6 is 0 Å². The quantitative estimate of drug-likeness (QED) is 0.830. The number of carbonyl (C=O) groups is 1. The van der Waals surface area contributed by atoms with Crippen LogP contribution in [0.1, 0.15) is 32.9 Å². The number of ether oxygens (including phenoxy) is 1. The van der Waals surface area contributed by atoms with Gasteiger partial charge in [-0.1, -0.05) is 0 Å². The van der Waals surface area contributed by atoms with E-state index >= 15 is 0 Å². The molecule has 6 heteroatoms. The summed E-state index contributed by atoms with van der Waals surface area (Å²) in [4.78, 5) is 15.8. The lowest BCUT2D eigenvalue weighted by atomic mass is 10.2. The molecule has 2 rings (SSSR count). The maximum atomic E-state index is 11.6. The molecule has 6 nitrogen and oxygen atoms in total. The number of amides is 1. The highest BCUT2D eigenvalue weighted by Gasteiger charge is 2.18. The molecule has 0 bridgehead atoms. The summed E-state index contributed by atoms with van der Waals surface area (Å²) in [5, 5.41) is 6.94. The minimum atomic E-state index is -0.509. The molecule has 1 aromatic heterocycles. The molecule has 1 aliphatic rings.